The molecular weight excluding hydrogens is 547 g/mol. The summed E-state index contributed by atoms with van der Waals surface area (Å²) in [6.07, 6.45) is 0.418. The van der Waals surface area contributed by atoms with Gasteiger partial charge in [-0.1, -0.05) is 59.9 Å². The smallest absolute Gasteiger partial charge is 0.243 e. The molecule has 1 unspecified atom stereocenters. The fourth-order valence-corrected chi connectivity index (χ4v) is 5.44. The van der Waals surface area contributed by atoms with Gasteiger partial charge in [0, 0.05) is 6.07 Å². The van der Waals surface area contributed by atoms with Gasteiger partial charge in [0.2, 0.25) is 12.3 Å². The van der Waals surface area contributed by atoms with Gasteiger partial charge in [-0.25, -0.2) is 8.42 Å². The molecule has 0 bridgehead atoms. The lowest BCUT2D eigenvalue weighted by Gasteiger charge is -2.17. The lowest BCUT2D eigenvalue weighted by molar-refractivity contribution is -0.115. The number of carbonyl (C=O) groups excluding carboxylic acids is 2. The van der Waals surface area contributed by atoms with E-state index in [1.165, 1.54) is 18.2 Å². The average Bonchev–Trinajstić information content (AvgIpc) is 2.80. The molecule has 1 atom stereocenters. The number of amides is 2. The van der Waals surface area contributed by atoms with E-state index < -0.39 is 21.0 Å². The Morgan fingerprint density at radius 2 is 1.61 bits per heavy atom. The standard InChI is InChI=1S/C18H19ClN2O5S.C7H6Cl2/c1-3-17(27(25,26)12-6-4-5-11(2)7-12)18(24)21-14-9-16(23)15(20-10-22)8-13(14)19;1-5-2-3-6(8)7(9)4-5/h4-10,17,23H,3H2,1-2H3,(H,20,22)(H,21,24);2-4H,1H3. The van der Waals surface area contributed by atoms with Gasteiger partial charge in [0.1, 0.15) is 11.0 Å². The molecule has 0 saturated carbocycles. The van der Waals surface area contributed by atoms with Gasteiger partial charge in [0.15, 0.2) is 9.84 Å². The number of sulfone groups is 1. The van der Waals surface area contributed by atoms with E-state index >= 15 is 0 Å². The second kappa shape index (κ2) is 13.0. The fraction of sp³-hybridized carbons (Fsp3) is 0.200. The molecule has 0 aromatic heterocycles. The summed E-state index contributed by atoms with van der Waals surface area (Å²) in [7, 11) is -3.91. The molecule has 3 N–H and O–H groups in total. The number of carbonyl (C=O) groups is 2. The Balaban J connectivity index is 0.000000425. The normalized spacial score (nSPS) is 11.6. The van der Waals surface area contributed by atoms with Gasteiger partial charge in [-0.3, -0.25) is 9.59 Å². The Hall–Kier alpha value is -2.78. The number of phenols is 1. The first-order chi connectivity index (χ1) is 16.9. The predicted octanol–water partition coefficient (Wildman–Crippen LogP) is 6.42. The first-order valence-corrected chi connectivity index (χ1v) is 13.3. The highest BCUT2D eigenvalue weighted by molar-refractivity contribution is 7.92. The summed E-state index contributed by atoms with van der Waals surface area (Å²) in [5.41, 5.74) is 1.99. The summed E-state index contributed by atoms with van der Waals surface area (Å²) < 4.78 is 25.7. The molecule has 11 heteroatoms. The summed E-state index contributed by atoms with van der Waals surface area (Å²) in [5.74, 6) is -1.09. The van der Waals surface area contributed by atoms with Crippen LogP contribution in [0.25, 0.3) is 0 Å². The number of anilines is 2. The third-order valence-corrected chi connectivity index (χ3v) is 8.25. The Kier molecular flexibility index (Phi) is 10.6. The number of hydrogen-bond acceptors (Lipinski definition) is 5. The number of aromatic hydroxyl groups is 1. The summed E-state index contributed by atoms with van der Waals surface area (Å²) in [5, 5.41) is 14.5. The van der Waals surface area contributed by atoms with Crippen molar-refractivity contribution in [2.75, 3.05) is 10.6 Å². The number of benzene rings is 3. The molecule has 0 aliphatic heterocycles. The van der Waals surface area contributed by atoms with Gasteiger partial charge in [-0.2, -0.15) is 0 Å². The molecule has 2 amide bonds. The summed E-state index contributed by atoms with van der Waals surface area (Å²) in [4.78, 5) is 23.2. The van der Waals surface area contributed by atoms with Crippen molar-refractivity contribution in [2.45, 2.75) is 37.3 Å². The molecule has 0 spiro atoms. The van der Waals surface area contributed by atoms with Gasteiger partial charge < -0.3 is 15.7 Å². The maximum Gasteiger partial charge on any atom is 0.243 e. The average molecular weight is 572 g/mol. The van der Waals surface area contributed by atoms with Gasteiger partial charge in [-0.15, -0.1) is 0 Å². The second-order valence-electron chi connectivity index (χ2n) is 7.78. The van der Waals surface area contributed by atoms with Crippen LogP contribution in [-0.2, 0) is 19.4 Å². The van der Waals surface area contributed by atoms with Crippen LogP contribution < -0.4 is 10.6 Å². The zero-order chi connectivity index (χ0) is 27.0. The Morgan fingerprint density at radius 1 is 0.944 bits per heavy atom. The molecule has 0 radical (unpaired) electrons. The van der Waals surface area contributed by atoms with E-state index in [-0.39, 0.29) is 33.5 Å². The largest absolute Gasteiger partial charge is 0.506 e. The van der Waals surface area contributed by atoms with Crippen LogP contribution in [0.15, 0.2) is 59.5 Å². The quantitative estimate of drug-likeness (QED) is 0.224. The summed E-state index contributed by atoms with van der Waals surface area (Å²) >= 11 is 17.4. The molecule has 0 aliphatic rings. The molecule has 0 heterocycles. The van der Waals surface area contributed by atoms with E-state index in [4.69, 9.17) is 34.8 Å². The summed E-state index contributed by atoms with van der Waals surface area (Å²) in [6, 6.07) is 14.3. The molecule has 3 aromatic rings. The number of halogens is 3. The molecular formula is C25H25Cl3N2O5S. The third-order valence-electron chi connectivity index (χ3n) is 4.99. The van der Waals surface area contributed by atoms with Crippen molar-refractivity contribution < 1.29 is 23.1 Å². The molecule has 0 saturated heterocycles. The minimum atomic E-state index is -3.91. The van der Waals surface area contributed by atoms with Gasteiger partial charge in [-0.05, 0) is 61.7 Å². The van der Waals surface area contributed by atoms with E-state index in [1.54, 1.807) is 32.0 Å². The van der Waals surface area contributed by atoms with Crippen molar-refractivity contribution in [3.05, 3.63) is 80.8 Å². The van der Waals surface area contributed by atoms with Crippen LogP contribution in [0.3, 0.4) is 0 Å². The zero-order valence-corrected chi connectivity index (χ0v) is 22.8. The number of nitrogens with one attached hydrogen (secondary N) is 2. The summed E-state index contributed by atoms with van der Waals surface area (Å²) in [6.45, 7) is 5.33. The second-order valence-corrected chi connectivity index (χ2v) is 11.1. The minimum Gasteiger partial charge on any atom is -0.506 e. The third kappa shape index (κ3) is 7.61. The van der Waals surface area contributed by atoms with Crippen molar-refractivity contribution in [2.24, 2.45) is 0 Å². The number of aryl methyl sites for hydroxylation is 2. The Labute approximate surface area is 225 Å². The topological polar surface area (TPSA) is 113 Å². The lowest BCUT2D eigenvalue weighted by Crippen LogP contribution is -2.34. The fourth-order valence-electron chi connectivity index (χ4n) is 3.15. The van der Waals surface area contributed by atoms with Crippen LogP contribution in [0.5, 0.6) is 5.75 Å². The van der Waals surface area contributed by atoms with E-state index in [0.29, 0.717) is 16.5 Å². The first kappa shape index (κ1) is 29.5. The van der Waals surface area contributed by atoms with Gasteiger partial charge in [0.25, 0.3) is 0 Å². The highest BCUT2D eigenvalue weighted by Gasteiger charge is 2.33. The molecule has 3 aromatic carbocycles. The number of rotatable bonds is 7. The maximum absolute atomic E-state index is 12.8. The minimum absolute atomic E-state index is 0.0355. The van der Waals surface area contributed by atoms with Crippen molar-refractivity contribution >= 4 is 68.3 Å². The van der Waals surface area contributed by atoms with Crippen LogP contribution in [0.2, 0.25) is 15.1 Å². The monoisotopic (exact) mass is 570 g/mol. The zero-order valence-electron chi connectivity index (χ0n) is 19.7. The van der Waals surface area contributed by atoms with Gasteiger partial charge in [0.05, 0.1) is 31.3 Å². The molecule has 7 nitrogen and oxygen atoms in total. The predicted molar refractivity (Wildman–Crippen MR) is 145 cm³/mol. The first-order valence-electron chi connectivity index (χ1n) is 10.7. The molecule has 0 aliphatic carbocycles. The van der Waals surface area contributed by atoms with E-state index in [0.717, 1.165) is 17.2 Å². The molecule has 0 fully saturated rings. The Morgan fingerprint density at radius 3 is 2.17 bits per heavy atom. The van der Waals surface area contributed by atoms with E-state index in [2.05, 4.69) is 10.6 Å². The van der Waals surface area contributed by atoms with Crippen LogP contribution in [0.1, 0.15) is 24.5 Å². The highest BCUT2D eigenvalue weighted by Crippen LogP contribution is 2.34. The van der Waals surface area contributed by atoms with Crippen molar-refractivity contribution in [1.82, 2.24) is 0 Å². The van der Waals surface area contributed by atoms with E-state index in [1.807, 2.05) is 19.1 Å². The SMILES string of the molecule is CCC(C(=O)Nc1cc(O)c(NC=O)cc1Cl)S(=O)(=O)c1cccc(C)c1.Cc1ccc(Cl)c(Cl)c1. The Bertz CT molecular complexity index is 1360. The molecule has 36 heavy (non-hydrogen) atoms. The lowest BCUT2D eigenvalue weighted by atomic mass is 10.2. The van der Waals surface area contributed by atoms with Crippen molar-refractivity contribution in [1.29, 1.82) is 0 Å². The van der Waals surface area contributed by atoms with E-state index in [9.17, 15) is 23.1 Å². The van der Waals surface area contributed by atoms with Crippen molar-refractivity contribution in [3.63, 3.8) is 0 Å². The van der Waals surface area contributed by atoms with Crippen LogP contribution in [0.4, 0.5) is 11.4 Å². The molecule has 192 valence electrons. The van der Waals surface area contributed by atoms with Crippen LogP contribution in [0, 0.1) is 13.8 Å². The number of phenolic OH excluding ortho intramolecular Hbond substituents is 1. The van der Waals surface area contributed by atoms with Crippen LogP contribution >= 0.6 is 34.8 Å². The molecule has 3 rings (SSSR count). The van der Waals surface area contributed by atoms with Gasteiger partial charge >= 0.3 is 0 Å². The highest BCUT2D eigenvalue weighted by atomic mass is 35.5. The van der Waals surface area contributed by atoms with Crippen molar-refractivity contribution in [3.8, 4) is 5.75 Å². The number of hydrogen-bond donors (Lipinski definition) is 3. The maximum atomic E-state index is 12.8. The van der Waals surface area contributed by atoms with Crippen LogP contribution in [-0.4, -0.2) is 31.1 Å².